The number of rotatable bonds is 3. The van der Waals surface area contributed by atoms with Crippen LogP contribution in [0.2, 0.25) is 10.0 Å². The van der Waals surface area contributed by atoms with E-state index in [2.05, 4.69) is 15.0 Å². The van der Waals surface area contributed by atoms with E-state index in [-0.39, 0.29) is 0 Å². The molecule has 2 aromatic heterocycles. The van der Waals surface area contributed by atoms with Gasteiger partial charge in [-0.25, -0.2) is 4.98 Å². The minimum atomic E-state index is 0.692. The van der Waals surface area contributed by atoms with Gasteiger partial charge in [-0.1, -0.05) is 47.5 Å². The monoisotopic (exact) mass is 365 g/mol. The lowest BCUT2D eigenvalue weighted by molar-refractivity contribution is 1.26. The maximum Gasteiger partial charge on any atom is 0.139 e. The summed E-state index contributed by atoms with van der Waals surface area (Å²) >= 11 is 12.1. The highest BCUT2D eigenvalue weighted by atomic mass is 35.5. The van der Waals surface area contributed by atoms with Gasteiger partial charge in [-0.3, -0.25) is 4.98 Å². The third-order valence-corrected chi connectivity index (χ3v) is 4.38. The molecule has 2 aromatic carbocycles. The molecule has 0 fully saturated rings. The van der Waals surface area contributed by atoms with E-state index in [1.54, 1.807) is 12.4 Å². The van der Waals surface area contributed by atoms with Gasteiger partial charge in [-0.15, -0.1) is 0 Å². The van der Waals surface area contributed by atoms with Gasteiger partial charge in [0.2, 0.25) is 0 Å². The molecule has 2 heterocycles. The normalized spacial score (nSPS) is 10.8. The number of H-pyrrole nitrogens is 1. The minimum Gasteiger partial charge on any atom is -0.338 e. The Labute approximate surface area is 155 Å². The van der Waals surface area contributed by atoms with Gasteiger partial charge in [0.1, 0.15) is 5.82 Å². The van der Waals surface area contributed by atoms with E-state index in [1.165, 1.54) is 0 Å². The number of aromatic nitrogens is 3. The lowest BCUT2D eigenvalue weighted by atomic mass is 10.1. The molecule has 4 rings (SSSR count). The van der Waals surface area contributed by atoms with Crippen LogP contribution in [0.15, 0.2) is 73.1 Å². The van der Waals surface area contributed by atoms with Crippen molar-refractivity contribution >= 4 is 23.2 Å². The number of benzene rings is 2. The predicted molar refractivity (Wildman–Crippen MR) is 103 cm³/mol. The minimum absolute atomic E-state index is 0.692. The van der Waals surface area contributed by atoms with Crippen molar-refractivity contribution < 1.29 is 0 Å². The SMILES string of the molecule is Clc1ccc(-c2ncccc2-c2ncc(-c3cccc(Cl)c3)[nH]2)cc1. The molecule has 0 aliphatic heterocycles. The Bertz CT molecular complexity index is 1020. The summed E-state index contributed by atoms with van der Waals surface area (Å²) in [5, 5.41) is 1.39. The van der Waals surface area contributed by atoms with Gasteiger partial charge in [0.15, 0.2) is 0 Å². The largest absolute Gasteiger partial charge is 0.338 e. The fourth-order valence-corrected chi connectivity index (χ4v) is 3.01. The van der Waals surface area contributed by atoms with E-state index >= 15 is 0 Å². The van der Waals surface area contributed by atoms with Gasteiger partial charge in [0.25, 0.3) is 0 Å². The van der Waals surface area contributed by atoms with Crippen molar-refractivity contribution in [2.45, 2.75) is 0 Å². The van der Waals surface area contributed by atoms with Crippen LogP contribution in [0, 0.1) is 0 Å². The molecule has 0 aliphatic rings. The molecule has 25 heavy (non-hydrogen) atoms. The van der Waals surface area contributed by atoms with Crippen LogP contribution in [0.5, 0.6) is 0 Å². The zero-order valence-electron chi connectivity index (χ0n) is 13.1. The number of halogens is 2. The highest BCUT2D eigenvalue weighted by Gasteiger charge is 2.12. The van der Waals surface area contributed by atoms with Crippen LogP contribution in [0.3, 0.4) is 0 Å². The lowest BCUT2D eigenvalue weighted by Crippen LogP contribution is -1.90. The smallest absolute Gasteiger partial charge is 0.139 e. The van der Waals surface area contributed by atoms with E-state index in [9.17, 15) is 0 Å². The van der Waals surface area contributed by atoms with E-state index in [0.29, 0.717) is 10.0 Å². The second kappa shape index (κ2) is 6.71. The van der Waals surface area contributed by atoms with Crippen molar-refractivity contribution in [3.8, 4) is 33.9 Å². The summed E-state index contributed by atoms with van der Waals surface area (Å²) < 4.78 is 0. The van der Waals surface area contributed by atoms with Crippen molar-refractivity contribution in [2.24, 2.45) is 0 Å². The number of nitrogens with zero attached hydrogens (tertiary/aromatic N) is 2. The van der Waals surface area contributed by atoms with Crippen molar-refractivity contribution in [1.29, 1.82) is 0 Å². The summed E-state index contributed by atoms with van der Waals surface area (Å²) in [5.41, 5.74) is 4.66. The van der Waals surface area contributed by atoms with Crippen LogP contribution in [-0.2, 0) is 0 Å². The standard InChI is InChI=1S/C20H13Cl2N3/c21-15-8-6-13(7-9-15)19-17(5-2-10-23-19)20-24-12-18(25-20)14-3-1-4-16(22)11-14/h1-12H,(H,24,25). The molecule has 4 aromatic rings. The maximum absolute atomic E-state index is 6.08. The molecule has 3 nitrogen and oxygen atoms in total. The Kier molecular flexibility index (Phi) is 4.26. The molecular formula is C20H13Cl2N3. The Morgan fingerprint density at radius 3 is 2.40 bits per heavy atom. The second-order valence-electron chi connectivity index (χ2n) is 5.56. The highest BCUT2D eigenvalue weighted by Crippen LogP contribution is 2.31. The van der Waals surface area contributed by atoms with Gasteiger partial charge >= 0.3 is 0 Å². The number of nitrogens with one attached hydrogen (secondary N) is 1. The zero-order valence-corrected chi connectivity index (χ0v) is 14.6. The molecule has 0 unspecified atom stereocenters. The summed E-state index contributed by atoms with van der Waals surface area (Å²) in [6, 6.07) is 19.2. The first kappa shape index (κ1) is 15.9. The van der Waals surface area contributed by atoms with Crippen LogP contribution in [0.4, 0.5) is 0 Å². The highest BCUT2D eigenvalue weighted by molar-refractivity contribution is 6.31. The van der Waals surface area contributed by atoms with Crippen LogP contribution >= 0.6 is 23.2 Å². The third-order valence-electron chi connectivity index (χ3n) is 3.89. The molecule has 122 valence electrons. The fraction of sp³-hybridized carbons (Fsp3) is 0. The van der Waals surface area contributed by atoms with Crippen molar-refractivity contribution in [1.82, 2.24) is 15.0 Å². The average molecular weight is 366 g/mol. The van der Waals surface area contributed by atoms with Crippen LogP contribution in [-0.4, -0.2) is 15.0 Å². The van der Waals surface area contributed by atoms with Crippen molar-refractivity contribution in [3.63, 3.8) is 0 Å². The van der Waals surface area contributed by atoms with Crippen LogP contribution < -0.4 is 0 Å². The van der Waals surface area contributed by atoms with E-state index < -0.39 is 0 Å². The molecule has 0 saturated heterocycles. The van der Waals surface area contributed by atoms with Crippen LogP contribution in [0.25, 0.3) is 33.9 Å². The summed E-state index contributed by atoms with van der Waals surface area (Å²) in [7, 11) is 0. The molecule has 1 N–H and O–H groups in total. The van der Waals surface area contributed by atoms with E-state index in [0.717, 1.165) is 33.9 Å². The number of hydrogen-bond donors (Lipinski definition) is 1. The van der Waals surface area contributed by atoms with Gasteiger partial charge in [0, 0.05) is 32.9 Å². The number of aromatic amines is 1. The van der Waals surface area contributed by atoms with E-state index in [1.807, 2.05) is 60.7 Å². The van der Waals surface area contributed by atoms with E-state index in [4.69, 9.17) is 23.2 Å². The molecule has 0 spiro atoms. The molecule has 0 amide bonds. The van der Waals surface area contributed by atoms with Crippen molar-refractivity contribution in [3.05, 3.63) is 83.1 Å². The molecule has 0 aliphatic carbocycles. The fourth-order valence-electron chi connectivity index (χ4n) is 2.69. The predicted octanol–water partition coefficient (Wildman–Crippen LogP) is 6.11. The number of pyridine rings is 1. The maximum atomic E-state index is 6.08. The van der Waals surface area contributed by atoms with Crippen molar-refractivity contribution in [2.75, 3.05) is 0 Å². The average Bonchev–Trinajstić information content (AvgIpc) is 3.12. The first-order valence-corrected chi connectivity index (χ1v) is 8.48. The Morgan fingerprint density at radius 2 is 1.60 bits per heavy atom. The van der Waals surface area contributed by atoms with Gasteiger partial charge in [-0.2, -0.15) is 0 Å². The molecule has 0 saturated carbocycles. The first-order chi connectivity index (χ1) is 12.2. The lowest BCUT2D eigenvalue weighted by Gasteiger charge is -2.06. The Hall–Kier alpha value is -2.62. The summed E-state index contributed by atoms with van der Waals surface area (Å²) in [5.74, 6) is 0.757. The molecule has 0 atom stereocenters. The molecular weight excluding hydrogens is 353 g/mol. The topological polar surface area (TPSA) is 41.6 Å². The van der Waals surface area contributed by atoms with Gasteiger partial charge < -0.3 is 4.98 Å². The second-order valence-corrected chi connectivity index (χ2v) is 6.44. The third kappa shape index (κ3) is 3.29. The van der Waals surface area contributed by atoms with Gasteiger partial charge in [0.05, 0.1) is 17.6 Å². The molecule has 5 heteroatoms. The van der Waals surface area contributed by atoms with Crippen LogP contribution in [0.1, 0.15) is 0 Å². The quantitative estimate of drug-likeness (QED) is 0.475. The number of imidazole rings is 1. The summed E-state index contributed by atoms with van der Waals surface area (Å²) in [6.07, 6.45) is 3.58. The molecule has 0 bridgehead atoms. The van der Waals surface area contributed by atoms with Gasteiger partial charge in [-0.05, 0) is 36.4 Å². The summed E-state index contributed by atoms with van der Waals surface area (Å²) in [4.78, 5) is 12.4. The first-order valence-electron chi connectivity index (χ1n) is 7.73. The Balaban J connectivity index is 1.77. The molecule has 0 radical (unpaired) electrons. The summed E-state index contributed by atoms with van der Waals surface area (Å²) in [6.45, 7) is 0. The number of hydrogen-bond acceptors (Lipinski definition) is 2. The zero-order chi connectivity index (χ0) is 17.2. The Morgan fingerprint density at radius 1 is 0.760 bits per heavy atom.